The largest absolute Gasteiger partial charge is 0.300 e. The van der Waals surface area contributed by atoms with Crippen molar-refractivity contribution in [1.29, 1.82) is 0 Å². The van der Waals surface area contributed by atoms with E-state index in [0.717, 1.165) is 22.0 Å². The van der Waals surface area contributed by atoms with E-state index in [1.807, 2.05) is 24.6 Å². The number of anilines is 1. The van der Waals surface area contributed by atoms with Crippen LogP contribution in [0.15, 0.2) is 30.3 Å². The van der Waals surface area contributed by atoms with Crippen molar-refractivity contribution >= 4 is 22.4 Å². The predicted octanol–water partition coefficient (Wildman–Crippen LogP) is 3.65. The van der Waals surface area contributed by atoms with E-state index < -0.39 is 5.41 Å². The maximum Gasteiger partial charge on any atom is 0.236 e. The molecule has 1 N–H and O–H groups in total. The molecule has 0 fully saturated rings. The highest BCUT2D eigenvalue weighted by Gasteiger charge is 2.30. The van der Waals surface area contributed by atoms with Crippen molar-refractivity contribution < 1.29 is 9.18 Å². The number of rotatable bonds is 6. The topological polar surface area (TPSA) is 72.7 Å². The third-order valence-corrected chi connectivity index (χ3v) is 5.36. The number of hydrogen-bond donors (Lipinski definition) is 1. The van der Waals surface area contributed by atoms with E-state index in [-0.39, 0.29) is 11.7 Å². The highest BCUT2D eigenvalue weighted by molar-refractivity contribution is 7.15. The van der Waals surface area contributed by atoms with Gasteiger partial charge in [0.15, 0.2) is 0 Å². The number of halogens is 1. The molecule has 3 aromatic rings. The van der Waals surface area contributed by atoms with Crippen molar-refractivity contribution in [2.45, 2.75) is 46.1 Å². The van der Waals surface area contributed by atoms with Crippen LogP contribution in [0.1, 0.15) is 35.8 Å². The fraction of sp³-hybridized carbons (Fsp3) is 0.368. The second-order valence-corrected chi connectivity index (χ2v) is 8.05. The Labute approximate surface area is 161 Å². The van der Waals surface area contributed by atoms with E-state index in [1.54, 1.807) is 26.0 Å². The number of carbonyl (C=O) groups excluding carboxylic acids is 1. The van der Waals surface area contributed by atoms with Crippen molar-refractivity contribution in [2.24, 2.45) is 0 Å². The minimum Gasteiger partial charge on any atom is -0.300 e. The average Bonchev–Trinajstić information content (AvgIpc) is 3.19. The van der Waals surface area contributed by atoms with Crippen LogP contribution in [-0.2, 0) is 23.2 Å². The third kappa shape index (κ3) is 4.39. The summed E-state index contributed by atoms with van der Waals surface area (Å²) in [5.41, 5.74) is 2.01. The number of nitrogens with zero attached hydrogens (tertiary/aromatic N) is 4. The summed E-state index contributed by atoms with van der Waals surface area (Å²) in [4.78, 5) is 12.7. The Morgan fingerprint density at radius 3 is 2.56 bits per heavy atom. The molecule has 1 aromatic carbocycles. The normalized spacial score (nSPS) is 11.6. The quantitative estimate of drug-likeness (QED) is 0.701. The van der Waals surface area contributed by atoms with Gasteiger partial charge in [-0.15, -0.1) is 10.2 Å². The third-order valence-electron chi connectivity index (χ3n) is 4.46. The molecule has 0 atom stereocenters. The number of hydrogen-bond acceptors (Lipinski definition) is 5. The van der Waals surface area contributed by atoms with Crippen LogP contribution in [0.4, 0.5) is 9.52 Å². The van der Waals surface area contributed by atoms with Crippen molar-refractivity contribution in [3.05, 3.63) is 58.1 Å². The zero-order valence-electron chi connectivity index (χ0n) is 15.8. The molecular formula is C19H22FN5OS. The number of nitrogens with one attached hydrogen (secondary N) is 1. The molecular weight excluding hydrogens is 365 g/mol. The van der Waals surface area contributed by atoms with Gasteiger partial charge in [-0.1, -0.05) is 23.5 Å². The first-order valence-corrected chi connectivity index (χ1v) is 9.48. The fourth-order valence-electron chi connectivity index (χ4n) is 2.76. The molecule has 27 heavy (non-hydrogen) atoms. The molecule has 0 unspecified atom stereocenters. The van der Waals surface area contributed by atoms with Crippen molar-refractivity contribution in [2.75, 3.05) is 5.32 Å². The highest BCUT2D eigenvalue weighted by Crippen LogP contribution is 2.26. The Kier molecular flexibility index (Phi) is 5.36. The van der Waals surface area contributed by atoms with E-state index in [9.17, 15) is 9.18 Å². The first kappa shape index (κ1) is 19.2. The number of aromatic nitrogens is 4. The number of carbonyl (C=O) groups is 1. The summed E-state index contributed by atoms with van der Waals surface area (Å²) in [7, 11) is 0. The number of benzene rings is 1. The maximum atomic E-state index is 13.1. The van der Waals surface area contributed by atoms with Crippen LogP contribution in [0.5, 0.6) is 0 Å². The molecule has 0 radical (unpaired) electrons. The van der Waals surface area contributed by atoms with Gasteiger partial charge in [-0.05, 0) is 51.5 Å². The summed E-state index contributed by atoms with van der Waals surface area (Å²) in [6.45, 7) is 8.28. The van der Waals surface area contributed by atoms with E-state index in [4.69, 9.17) is 0 Å². The molecule has 0 bridgehead atoms. The van der Waals surface area contributed by atoms with Gasteiger partial charge < -0.3 is 0 Å². The monoisotopic (exact) mass is 387 g/mol. The molecule has 0 spiro atoms. The Balaban J connectivity index is 1.63. The Hall–Kier alpha value is -2.61. The minimum atomic E-state index is -0.816. The highest BCUT2D eigenvalue weighted by atomic mass is 32.1. The van der Waals surface area contributed by atoms with E-state index >= 15 is 0 Å². The van der Waals surface area contributed by atoms with Crippen LogP contribution in [0.25, 0.3) is 0 Å². The second kappa shape index (κ2) is 7.56. The van der Waals surface area contributed by atoms with Crippen LogP contribution in [0.2, 0.25) is 0 Å². The Morgan fingerprint density at radius 1 is 1.22 bits per heavy atom. The summed E-state index contributed by atoms with van der Waals surface area (Å²) in [5.74, 6) is -0.540. The minimum absolute atomic E-state index is 0.213. The van der Waals surface area contributed by atoms with Crippen LogP contribution >= 0.6 is 11.3 Å². The lowest BCUT2D eigenvalue weighted by molar-refractivity contribution is -0.120. The van der Waals surface area contributed by atoms with E-state index in [2.05, 4.69) is 20.6 Å². The summed E-state index contributed by atoms with van der Waals surface area (Å²) in [5, 5.41) is 16.8. The molecule has 1 amide bonds. The van der Waals surface area contributed by atoms with Gasteiger partial charge in [0.25, 0.3) is 0 Å². The molecule has 142 valence electrons. The lowest BCUT2D eigenvalue weighted by Gasteiger charge is -2.23. The van der Waals surface area contributed by atoms with Crippen molar-refractivity contribution in [3.8, 4) is 0 Å². The summed E-state index contributed by atoms with van der Waals surface area (Å²) in [6.07, 6.45) is 0.691. The van der Waals surface area contributed by atoms with Gasteiger partial charge in [0, 0.05) is 18.7 Å². The summed E-state index contributed by atoms with van der Waals surface area (Å²) < 4.78 is 15.1. The first-order chi connectivity index (χ1) is 12.8. The van der Waals surface area contributed by atoms with Gasteiger partial charge >= 0.3 is 0 Å². The smallest absolute Gasteiger partial charge is 0.236 e. The maximum absolute atomic E-state index is 13.1. The molecule has 3 rings (SSSR count). The zero-order chi connectivity index (χ0) is 19.6. The molecule has 8 heteroatoms. The van der Waals surface area contributed by atoms with Crippen LogP contribution in [0, 0.1) is 19.7 Å². The Bertz CT molecular complexity index is 945. The van der Waals surface area contributed by atoms with Crippen molar-refractivity contribution in [3.63, 3.8) is 0 Å². The predicted molar refractivity (Wildman–Crippen MR) is 103 cm³/mol. The Morgan fingerprint density at radius 2 is 1.93 bits per heavy atom. The van der Waals surface area contributed by atoms with E-state index in [0.29, 0.717) is 18.1 Å². The van der Waals surface area contributed by atoms with Gasteiger partial charge in [-0.2, -0.15) is 5.10 Å². The molecule has 0 aliphatic carbocycles. The first-order valence-electron chi connectivity index (χ1n) is 8.66. The van der Waals surface area contributed by atoms with Crippen LogP contribution in [0.3, 0.4) is 0 Å². The molecule has 0 aliphatic heterocycles. The number of aryl methyl sites for hydroxylation is 4. The standard InChI is InChI=1S/C19H22FN5OS/c1-12-11-13(2)25(24-12)10-9-16-22-23-18(27-16)21-17(26)19(3,4)14-5-7-15(20)8-6-14/h5-8,11H,9-10H2,1-4H3,(H,21,23,26). The second-order valence-electron chi connectivity index (χ2n) is 6.99. The average molecular weight is 387 g/mol. The van der Waals surface area contributed by atoms with Gasteiger partial charge in [0.2, 0.25) is 11.0 Å². The molecule has 2 aromatic heterocycles. The van der Waals surface area contributed by atoms with E-state index in [1.165, 1.54) is 23.5 Å². The lowest BCUT2D eigenvalue weighted by atomic mass is 9.84. The van der Waals surface area contributed by atoms with Gasteiger partial charge in [0.05, 0.1) is 11.1 Å². The molecule has 0 aliphatic rings. The van der Waals surface area contributed by atoms with Gasteiger partial charge in [0.1, 0.15) is 10.8 Å². The summed E-state index contributed by atoms with van der Waals surface area (Å²) in [6, 6.07) is 7.98. The molecule has 0 saturated heterocycles. The zero-order valence-corrected chi connectivity index (χ0v) is 16.6. The summed E-state index contributed by atoms with van der Waals surface area (Å²) >= 11 is 1.35. The lowest BCUT2D eigenvalue weighted by Crippen LogP contribution is -2.34. The van der Waals surface area contributed by atoms with Gasteiger partial charge in [-0.3, -0.25) is 14.8 Å². The fourth-order valence-corrected chi connectivity index (χ4v) is 3.48. The SMILES string of the molecule is Cc1cc(C)n(CCc2nnc(NC(=O)C(C)(C)c3ccc(F)cc3)s2)n1. The van der Waals surface area contributed by atoms with Crippen LogP contribution in [-0.4, -0.2) is 25.9 Å². The van der Waals surface area contributed by atoms with Crippen molar-refractivity contribution in [1.82, 2.24) is 20.0 Å². The van der Waals surface area contributed by atoms with Gasteiger partial charge in [-0.25, -0.2) is 4.39 Å². The molecule has 0 saturated carbocycles. The van der Waals surface area contributed by atoms with Crippen LogP contribution < -0.4 is 5.32 Å². The number of amides is 1. The molecule has 6 nitrogen and oxygen atoms in total. The molecule has 2 heterocycles.